The van der Waals surface area contributed by atoms with Crippen molar-refractivity contribution in [1.82, 2.24) is 5.43 Å². The lowest BCUT2D eigenvalue weighted by molar-refractivity contribution is -0.387. The van der Waals surface area contributed by atoms with Gasteiger partial charge in [0, 0.05) is 22.9 Å². The van der Waals surface area contributed by atoms with E-state index in [4.69, 9.17) is 5.11 Å². The molecule has 0 saturated heterocycles. The smallest absolute Gasteiger partial charge is 0.283 e. The van der Waals surface area contributed by atoms with Gasteiger partial charge < -0.3 is 5.11 Å². The highest BCUT2D eigenvalue weighted by Crippen LogP contribution is 2.29. The lowest BCUT2D eigenvalue weighted by atomic mass is 10.1. The van der Waals surface area contributed by atoms with Crippen LogP contribution in [0.2, 0.25) is 0 Å². The number of hydrazone groups is 1. The van der Waals surface area contributed by atoms with Crippen molar-refractivity contribution < 1.29 is 14.8 Å². The van der Waals surface area contributed by atoms with Gasteiger partial charge in [-0.25, -0.2) is 5.43 Å². The van der Waals surface area contributed by atoms with E-state index in [1.165, 1.54) is 24.0 Å². The number of aryl methyl sites for hydroxylation is 1. The molecule has 7 nitrogen and oxygen atoms in total. The highest BCUT2D eigenvalue weighted by molar-refractivity contribution is 7.99. The number of hydrogen-bond acceptors (Lipinski definition) is 6. The zero-order chi connectivity index (χ0) is 18.2. The molecule has 0 bridgehead atoms. The molecule has 1 amide bonds. The van der Waals surface area contributed by atoms with Crippen LogP contribution in [0.4, 0.5) is 5.69 Å². The predicted octanol–water partition coefficient (Wildman–Crippen LogP) is 2.75. The molecule has 0 aliphatic rings. The third-order valence-electron chi connectivity index (χ3n) is 3.19. The van der Waals surface area contributed by atoms with Gasteiger partial charge in [-0.3, -0.25) is 14.9 Å². The van der Waals surface area contributed by atoms with Gasteiger partial charge in [-0.05, 0) is 25.1 Å². The first kappa shape index (κ1) is 18.6. The summed E-state index contributed by atoms with van der Waals surface area (Å²) in [6, 6.07) is 11.7. The van der Waals surface area contributed by atoms with E-state index in [9.17, 15) is 14.9 Å². The largest absolute Gasteiger partial charge is 0.396 e. The molecule has 0 radical (unpaired) electrons. The summed E-state index contributed by atoms with van der Waals surface area (Å²) in [6.45, 7) is 1.82. The minimum atomic E-state index is -0.484. The van der Waals surface area contributed by atoms with Crippen molar-refractivity contribution in [3.05, 3.63) is 69.3 Å². The number of carbonyl (C=O) groups is 1. The summed E-state index contributed by atoms with van der Waals surface area (Å²) in [6.07, 6.45) is 1.35. The molecule has 8 heteroatoms. The third-order valence-corrected chi connectivity index (χ3v) is 4.23. The molecule has 0 fully saturated rings. The second kappa shape index (κ2) is 8.95. The Bertz CT molecular complexity index is 808. The number of hydrogen-bond donors (Lipinski definition) is 2. The van der Waals surface area contributed by atoms with E-state index in [1.807, 2.05) is 13.0 Å². The van der Waals surface area contributed by atoms with Crippen LogP contribution in [0.15, 0.2) is 52.5 Å². The minimum absolute atomic E-state index is 0.0595. The molecule has 2 N–H and O–H groups in total. The van der Waals surface area contributed by atoms with Gasteiger partial charge in [-0.15, -0.1) is 11.8 Å². The van der Waals surface area contributed by atoms with Gasteiger partial charge in [0.25, 0.3) is 11.6 Å². The summed E-state index contributed by atoms with van der Waals surface area (Å²) in [5, 5.41) is 23.8. The number of nitro benzene ring substituents is 1. The van der Waals surface area contributed by atoms with Gasteiger partial charge in [0.1, 0.15) is 0 Å². The molecular weight excluding hydrogens is 342 g/mol. The Hall–Kier alpha value is -2.71. The Balaban J connectivity index is 2.08. The van der Waals surface area contributed by atoms with Crippen molar-refractivity contribution in [2.24, 2.45) is 5.10 Å². The number of benzene rings is 2. The van der Waals surface area contributed by atoms with E-state index in [0.717, 1.165) is 5.56 Å². The van der Waals surface area contributed by atoms with E-state index >= 15 is 0 Å². The molecule has 2 aromatic carbocycles. The summed E-state index contributed by atoms with van der Waals surface area (Å²) in [4.78, 5) is 23.1. The maximum absolute atomic E-state index is 12.0. The molecule has 0 spiro atoms. The number of aliphatic hydroxyl groups is 1. The van der Waals surface area contributed by atoms with Crippen molar-refractivity contribution in [2.45, 2.75) is 11.8 Å². The molecule has 2 aromatic rings. The Morgan fingerprint density at radius 2 is 2.16 bits per heavy atom. The van der Waals surface area contributed by atoms with Crippen molar-refractivity contribution in [2.75, 3.05) is 12.4 Å². The first-order valence-electron chi connectivity index (χ1n) is 7.43. The molecule has 2 rings (SSSR count). The number of nitrogens with zero attached hydrogens (tertiary/aromatic N) is 2. The molecule has 25 heavy (non-hydrogen) atoms. The quantitative estimate of drug-likeness (QED) is 0.342. The first-order chi connectivity index (χ1) is 12.0. The average Bonchev–Trinajstić information content (AvgIpc) is 2.60. The monoisotopic (exact) mass is 359 g/mol. The number of thioether (sulfide) groups is 1. The number of aliphatic hydroxyl groups excluding tert-OH is 1. The van der Waals surface area contributed by atoms with Crippen LogP contribution in [-0.4, -0.2) is 34.5 Å². The fraction of sp³-hybridized carbons (Fsp3) is 0.176. The van der Waals surface area contributed by atoms with Crippen LogP contribution < -0.4 is 5.43 Å². The maximum Gasteiger partial charge on any atom is 0.283 e. The normalized spacial score (nSPS) is 10.8. The molecular formula is C17H17N3O4S. The summed E-state index contributed by atoms with van der Waals surface area (Å²) in [5.41, 5.74) is 4.27. The van der Waals surface area contributed by atoms with Gasteiger partial charge in [-0.2, -0.15) is 5.10 Å². The SMILES string of the molecule is Cc1cccc(C(=O)N/N=C\c2ccc(SCCO)c([N+](=O)[O-])c2)c1. The number of rotatable bonds is 7. The Morgan fingerprint density at radius 1 is 1.36 bits per heavy atom. The molecule has 0 atom stereocenters. The predicted molar refractivity (Wildman–Crippen MR) is 97.1 cm³/mol. The van der Waals surface area contributed by atoms with Crippen LogP contribution in [0.25, 0.3) is 0 Å². The van der Waals surface area contributed by atoms with Crippen LogP contribution in [0.3, 0.4) is 0 Å². The fourth-order valence-corrected chi connectivity index (χ4v) is 2.81. The van der Waals surface area contributed by atoms with Crippen LogP contribution in [-0.2, 0) is 0 Å². The lowest BCUT2D eigenvalue weighted by Crippen LogP contribution is -2.17. The lowest BCUT2D eigenvalue weighted by Gasteiger charge is -2.03. The van der Waals surface area contributed by atoms with Crippen molar-refractivity contribution in [3.8, 4) is 0 Å². The molecule has 130 valence electrons. The molecule has 0 heterocycles. The van der Waals surface area contributed by atoms with Crippen LogP contribution in [0.5, 0.6) is 0 Å². The van der Waals surface area contributed by atoms with E-state index in [1.54, 1.807) is 30.3 Å². The van der Waals surface area contributed by atoms with Crippen LogP contribution in [0, 0.1) is 17.0 Å². The second-order valence-corrected chi connectivity index (χ2v) is 6.26. The van der Waals surface area contributed by atoms with Gasteiger partial charge in [0.15, 0.2) is 0 Å². The first-order valence-corrected chi connectivity index (χ1v) is 8.42. The topological polar surface area (TPSA) is 105 Å². The zero-order valence-corrected chi connectivity index (χ0v) is 14.3. The summed E-state index contributed by atoms with van der Waals surface area (Å²) in [7, 11) is 0. The summed E-state index contributed by atoms with van der Waals surface area (Å²) in [5.74, 6) is 0.0189. The standard InChI is InChI=1S/C17H17N3O4S/c1-12-3-2-4-14(9-12)17(22)19-18-11-13-5-6-16(25-8-7-21)15(10-13)20(23)24/h2-6,9-11,21H,7-8H2,1H3,(H,19,22)/b18-11-. The minimum Gasteiger partial charge on any atom is -0.396 e. The Labute approximate surface area is 148 Å². The van der Waals surface area contributed by atoms with Gasteiger partial charge in [0.05, 0.1) is 22.6 Å². The van der Waals surface area contributed by atoms with Gasteiger partial charge in [0.2, 0.25) is 0 Å². The van der Waals surface area contributed by atoms with Gasteiger partial charge >= 0.3 is 0 Å². The third kappa shape index (κ3) is 5.40. The second-order valence-electron chi connectivity index (χ2n) is 5.12. The zero-order valence-electron chi connectivity index (χ0n) is 13.5. The molecule has 0 aromatic heterocycles. The van der Waals surface area contributed by atoms with Crippen LogP contribution in [0.1, 0.15) is 21.5 Å². The molecule has 0 unspecified atom stereocenters. The van der Waals surface area contributed by atoms with E-state index in [0.29, 0.717) is 21.8 Å². The summed E-state index contributed by atoms with van der Waals surface area (Å²) >= 11 is 1.21. The van der Waals surface area contributed by atoms with Gasteiger partial charge in [-0.1, -0.05) is 23.8 Å². The molecule has 0 aliphatic carbocycles. The maximum atomic E-state index is 12.0. The number of carbonyl (C=O) groups excluding carboxylic acids is 1. The van der Waals surface area contributed by atoms with Crippen molar-refractivity contribution >= 4 is 29.6 Å². The van der Waals surface area contributed by atoms with E-state index < -0.39 is 4.92 Å². The van der Waals surface area contributed by atoms with E-state index in [-0.39, 0.29) is 18.2 Å². The highest BCUT2D eigenvalue weighted by Gasteiger charge is 2.14. The number of nitro groups is 1. The summed E-state index contributed by atoms with van der Waals surface area (Å²) < 4.78 is 0. The van der Waals surface area contributed by atoms with Crippen LogP contribution >= 0.6 is 11.8 Å². The van der Waals surface area contributed by atoms with E-state index in [2.05, 4.69) is 10.5 Å². The fourth-order valence-electron chi connectivity index (χ4n) is 2.05. The number of nitrogens with one attached hydrogen (secondary N) is 1. The molecule has 0 saturated carbocycles. The van der Waals surface area contributed by atoms with Crippen molar-refractivity contribution in [3.63, 3.8) is 0 Å². The molecule has 0 aliphatic heterocycles. The number of amides is 1. The van der Waals surface area contributed by atoms with Crippen molar-refractivity contribution in [1.29, 1.82) is 0 Å². The average molecular weight is 359 g/mol. The highest BCUT2D eigenvalue weighted by atomic mass is 32.2. The Kier molecular flexibility index (Phi) is 6.67. The Morgan fingerprint density at radius 3 is 2.84 bits per heavy atom.